The van der Waals surface area contributed by atoms with E-state index < -0.39 is 6.04 Å². The van der Waals surface area contributed by atoms with Crippen LogP contribution in [0.4, 0.5) is 21.0 Å². The molecular formula is C25H21BrN4O3. The molecule has 2 bridgehead atoms. The van der Waals surface area contributed by atoms with E-state index in [1.165, 1.54) is 4.90 Å². The minimum atomic E-state index is -0.646. The summed E-state index contributed by atoms with van der Waals surface area (Å²) in [5.74, 6) is -0.263. The number of halogens is 1. The predicted molar refractivity (Wildman–Crippen MR) is 129 cm³/mol. The zero-order chi connectivity index (χ0) is 22.9. The van der Waals surface area contributed by atoms with Crippen molar-refractivity contribution in [3.05, 3.63) is 70.7 Å². The lowest BCUT2D eigenvalue weighted by molar-refractivity contribution is -0.120. The first-order valence-electron chi connectivity index (χ1n) is 10.9. The molecule has 3 fully saturated rings. The summed E-state index contributed by atoms with van der Waals surface area (Å²) in [5.41, 5.74) is 2.31. The molecule has 3 aromatic rings. The van der Waals surface area contributed by atoms with Gasteiger partial charge in [-0.05, 0) is 48.6 Å². The summed E-state index contributed by atoms with van der Waals surface area (Å²) in [6, 6.07) is 17.3. The van der Waals surface area contributed by atoms with E-state index in [2.05, 4.69) is 21.2 Å². The number of hydrogen-bond donors (Lipinski definition) is 1. The van der Waals surface area contributed by atoms with Crippen LogP contribution in [-0.2, 0) is 4.79 Å². The van der Waals surface area contributed by atoms with E-state index in [9.17, 15) is 14.4 Å². The van der Waals surface area contributed by atoms with Crippen molar-refractivity contribution in [2.75, 3.05) is 16.8 Å². The van der Waals surface area contributed by atoms with E-state index in [0.29, 0.717) is 24.3 Å². The number of nitrogens with one attached hydrogen (secondary N) is 1. The van der Waals surface area contributed by atoms with Gasteiger partial charge in [0.2, 0.25) is 0 Å². The van der Waals surface area contributed by atoms with Gasteiger partial charge in [0.25, 0.3) is 5.91 Å². The van der Waals surface area contributed by atoms with Gasteiger partial charge in [-0.15, -0.1) is 0 Å². The first-order chi connectivity index (χ1) is 15.9. The number of hydrogen-bond acceptors (Lipinski definition) is 3. The Balaban J connectivity index is 1.28. The molecule has 3 saturated heterocycles. The maximum Gasteiger partial charge on any atom is 0.332 e. The molecule has 33 heavy (non-hydrogen) atoms. The van der Waals surface area contributed by atoms with Gasteiger partial charge in [0, 0.05) is 22.1 Å². The average Bonchev–Trinajstić information content (AvgIpc) is 3.47. The van der Waals surface area contributed by atoms with Crippen LogP contribution in [0.5, 0.6) is 0 Å². The fraction of sp³-hybridized carbons (Fsp3) is 0.240. The number of anilines is 2. The summed E-state index contributed by atoms with van der Waals surface area (Å²) in [4.78, 5) is 44.7. The maximum atomic E-state index is 13.5. The van der Waals surface area contributed by atoms with Crippen molar-refractivity contribution in [3.63, 3.8) is 0 Å². The molecular weight excluding hydrogens is 484 g/mol. The average molecular weight is 505 g/mol. The molecule has 7 nitrogen and oxygen atoms in total. The van der Waals surface area contributed by atoms with Crippen LogP contribution in [0.15, 0.2) is 65.1 Å². The molecule has 6 rings (SSSR count). The summed E-state index contributed by atoms with van der Waals surface area (Å²) in [6.45, 7) is 2.38. The number of aryl methyl sites for hydroxylation is 1. The number of carbonyl (C=O) groups is 3. The number of likely N-dealkylation sites (tertiary alicyclic amines) is 1. The Hall–Kier alpha value is -3.39. The Kier molecular flexibility index (Phi) is 4.48. The van der Waals surface area contributed by atoms with Crippen molar-refractivity contribution in [2.24, 2.45) is 0 Å². The molecule has 3 aromatic carbocycles. The van der Waals surface area contributed by atoms with Gasteiger partial charge < -0.3 is 15.1 Å². The Morgan fingerprint density at radius 1 is 1.06 bits per heavy atom. The van der Waals surface area contributed by atoms with E-state index in [1.807, 2.05) is 67.6 Å². The van der Waals surface area contributed by atoms with Crippen LogP contribution in [-0.4, -0.2) is 52.4 Å². The number of urea groups is 2. The molecule has 3 aliphatic heterocycles. The zero-order valence-electron chi connectivity index (χ0n) is 17.9. The Morgan fingerprint density at radius 3 is 2.67 bits per heavy atom. The van der Waals surface area contributed by atoms with Gasteiger partial charge in [-0.1, -0.05) is 52.3 Å². The number of amides is 5. The number of piperazine rings is 1. The Labute approximate surface area is 199 Å². The molecule has 1 N–H and O–H groups in total. The molecule has 3 heterocycles. The quantitative estimate of drug-likeness (QED) is 0.512. The number of carbonyl (C=O) groups excluding carboxylic acids is 3. The topological polar surface area (TPSA) is 73.0 Å². The summed E-state index contributed by atoms with van der Waals surface area (Å²) in [7, 11) is 0. The van der Waals surface area contributed by atoms with Crippen molar-refractivity contribution < 1.29 is 14.4 Å². The summed E-state index contributed by atoms with van der Waals surface area (Å²) >= 11 is 3.47. The van der Waals surface area contributed by atoms with Gasteiger partial charge in [-0.25, -0.2) is 14.5 Å². The van der Waals surface area contributed by atoms with Gasteiger partial charge >= 0.3 is 12.1 Å². The second kappa shape index (κ2) is 7.31. The molecule has 0 spiro atoms. The van der Waals surface area contributed by atoms with Crippen LogP contribution < -0.4 is 10.2 Å². The number of nitrogens with zero attached hydrogens (tertiary/aromatic N) is 3. The van der Waals surface area contributed by atoms with Crippen LogP contribution in [0.25, 0.3) is 10.8 Å². The van der Waals surface area contributed by atoms with Crippen molar-refractivity contribution in [2.45, 2.75) is 31.5 Å². The monoisotopic (exact) mass is 504 g/mol. The van der Waals surface area contributed by atoms with Crippen LogP contribution in [0.1, 0.15) is 12.0 Å². The fourth-order valence-corrected chi connectivity index (χ4v) is 5.68. The minimum Gasteiger partial charge on any atom is -0.317 e. The van der Waals surface area contributed by atoms with Crippen molar-refractivity contribution in [1.29, 1.82) is 0 Å². The maximum absolute atomic E-state index is 13.5. The third-order valence-corrected chi connectivity index (χ3v) is 7.83. The third kappa shape index (κ3) is 2.97. The molecule has 3 aliphatic rings. The highest BCUT2D eigenvalue weighted by atomic mass is 79.9. The number of fused-ring (bicyclic) bond motifs is 6. The fourth-order valence-electron chi connectivity index (χ4n) is 5.43. The van der Waals surface area contributed by atoms with Crippen LogP contribution >= 0.6 is 15.9 Å². The van der Waals surface area contributed by atoms with Crippen LogP contribution in [0.2, 0.25) is 0 Å². The second-order valence-corrected chi connectivity index (χ2v) is 9.66. The van der Waals surface area contributed by atoms with Crippen LogP contribution in [0, 0.1) is 6.92 Å². The molecule has 0 aliphatic carbocycles. The van der Waals surface area contributed by atoms with Gasteiger partial charge in [-0.2, -0.15) is 0 Å². The minimum absolute atomic E-state index is 0.158. The molecule has 0 saturated carbocycles. The van der Waals surface area contributed by atoms with E-state index in [1.54, 1.807) is 9.80 Å². The molecule has 3 atom stereocenters. The highest BCUT2D eigenvalue weighted by molar-refractivity contribution is 9.10. The lowest BCUT2D eigenvalue weighted by Gasteiger charge is -2.34. The highest BCUT2D eigenvalue weighted by Crippen LogP contribution is 2.43. The molecule has 0 radical (unpaired) electrons. The smallest absolute Gasteiger partial charge is 0.317 e. The van der Waals surface area contributed by atoms with Gasteiger partial charge in [-0.3, -0.25) is 4.79 Å². The Morgan fingerprint density at radius 2 is 1.85 bits per heavy atom. The summed E-state index contributed by atoms with van der Waals surface area (Å²) < 4.78 is 0.972. The SMILES string of the molecule is Cc1cc(NC(=O)N2C[C@H]3CC2C2C(=O)N(c4cccc5ccccc45)C(=O)N23)ccc1Br. The van der Waals surface area contributed by atoms with Crippen molar-refractivity contribution in [3.8, 4) is 0 Å². The lowest BCUT2D eigenvalue weighted by atomic mass is 10.1. The first-order valence-corrected chi connectivity index (χ1v) is 11.7. The van der Waals surface area contributed by atoms with E-state index in [-0.39, 0.29) is 30.1 Å². The van der Waals surface area contributed by atoms with Crippen LogP contribution in [0.3, 0.4) is 0 Å². The van der Waals surface area contributed by atoms with Gasteiger partial charge in [0.05, 0.1) is 17.8 Å². The third-order valence-electron chi connectivity index (χ3n) is 6.94. The summed E-state index contributed by atoms with van der Waals surface area (Å²) in [5, 5.41) is 4.77. The molecule has 0 aromatic heterocycles. The lowest BCUT2D eigenvalue weighted by Crippen LogP contribution is -2.55. The second-order valence-electron chi connectivity index (χ2n) is 8.81. The molecule has 5 amide bonds. The number of imide groups is 1. The number of rotatable bonds is 2. The van der Waals surface area contributed by atoms with E-state index in [4.69, 9.17) is 0 Å². The highest BCUT2D eigenvalue weighted by Gasteiger charge is 2.63. The van der Waals surface area contributed by atoms with Gasteiger partial charge in [0.1, 0.15) is 6.04 Å². The molecule has 166 valence electrons. The van der Waals surface area contributed by atoms with E-state index in [0.717, 1.165) is 20.8 Å². The Bertz CT molecular complexity index is 1340. The van der Waals surface area contributed by atoms with Crippen molar-refractivity contribution in [1.82, 2.24) is 9.80 Å². The predicted octanol–water partition coefficient (Wildman–Crippen LogP) is 4.74. The molecule has 8 heteroatoms. The number of benzene rings is 3. The zero-order valence-corrected chi connectivity index (χ0v) is 19.5. The standard InChI is InChI=1S/C25H21BrN4O3/c1-14-11-16(9-10-19(14)26)27-24(32)28-13-17-12-21(28)22-23(31)30(25(33)29(17)22)20-8-4-6-15-5-2-3-7-18(15)20/h2-11,17,21-22H,12-13H2,1H3,(H,27,32)/t17-,21?,22?/m1/s1. The normalized spacial score (nSPS) is 23.6. The van der Waals surface area contributed by atoms with Crippen molar-refractivity contribution >= 4 is 56.0 Å². The largest absolute Gasteiger partial charge is 0.332 e. The van der Waals surface area contributed by atoms with E-state index >= 15 is 0 Å². The van der Waals surface area contributed by atoms with Gasteiger partial charge in [0.15, 0.2) is 0 Å². The molecule has 2 unspecified atom stereocenters. The first kappa shape index (κ1) is 20.2. The summed E-state index contributed by atoms with van der Waals surface area (Å²) in [6.07, 6.45) is 0.623.